The maximum absolute atomic E-state index is 13.5. The molecule has 0 aromatic heterocycles. The first-order valence-electron chi connectivity index (χ1n) is 7.58. The molecule has 132 valence electrons. The summed E-state index contributed by atoms with van der Waals surface area (Å²) in [6.07, 6.45) is 1.36. The van der Waals surface area contributed by atoms with Crippen LogP contribution < -0.4 is 4.74 Å². The van der Waals surface area contributed by atoms with Crippen LogP contribution in [0.2, 0.25) is 0 Å². The molecule has 1 aromatic carbocycles. The zero-order valence-electron chi connectivity index (χ0n) is 14.2. The Morgan fingerprint density at radius 3 is 2.67 bits per heavy atom. The predicted molar refractivity (Wildman–Crippen MR) is 94.8 cm³/mol. The molecule has 1 rings (SSSR count). The summed E-state index contributed by atoms with van der Waals surface area (Å²) < 4.78 is 24.8. The van der Waals surface area contributed by atoms with E-state index in [2.05, 4.69) is 15.9 Å². The van der Waals surface area contributed by atoms with Crippen molar-refractivity contribution in [2.24, 2.45) is 0 Å². The molecule has 4 nitrogen and oxygen atoms in total. The maximum atomic E-state index is 13.5. The lowest BCUT2D eigenvalue weighted by Gasteiger charge is -2.18. The molecule has 0 amide bonds. The molecule has 0 fully saturated rings. The highest BCUT2D eigenvalue weighted by atomic mass is 79.9. The summed E-state index contributed by atoms with van der Waals surface area (Å²) in [6, 6.07) is 4.05. The third-order valence-electron chi connectivity index (χ3n) is 3.31. The van der Waals surface area contributed by atoms with Crippen molar-refractivity contribution >= 4 is 21.9 Å². The van der Waals surface area contributed by atoms with Crippen molar-refractivity contribution in [3.05, 3.63) is 51.5 Å². The summed E-state index contributed by atoms with van der Waals surface area (Å²) in [7, 11) is 0. The van der Waals surface area contributed by atoms with Crippen molar-refractivity contribution in [2.75, 3.05) is 6.61 Å². The number of rotatable bonds is 7. The predicted octanol–water partition coefficient (Wildman–Crippen LogP) is 4.83. The lowest BCUT2D eigenvalue weighted by atomic mass is 10.1. The second kappa shape index (κ2) is 9.47. The summed E-state index contributed by atoms with van der Waals surface area (Å²) in [5, 5.41) is 9.42. The number of benzene rings is 1. The highest BCUT2D eigenvalue weighted by Crippen LogP contribution is 2.25. The zero-order chi connectivity index (χ0) is 18.3. The van der Waals surface area contributed by atoms with Gasteiger partial charge in [0.25, 0.3) is 0 Å². The lowest BCUT2D eigenvalue weighted by molar-refractivity contribution is -0.142. The van der Waals surface area contributed by atoms with Gasteiger partial charge in [0.1, 0.15) is 23.4 Å². The molecular formula is C18H22BrFO4. The Labute approximate surface area is 150 Å². The molecule has 1 aromatic rings. The van der Waals surface area contributed by atoms with Crippen molar-refractivity contribution in [1.29, 1.82) is 0 Å². The van der Waals surface area contributed by atoms with Crippen LogP contribution in [-0.2, 0) is 16.0 Å². The van der Waals surface area contributed by atoms with E-state index in [0.29, 0.717) is 15.8 Å². The minimum absolute atomic E-state index is 0.0122. The lowest BCUT2D eigenvalue weighted by Crippen LogP contribution is -2.16. The summed E-state index contributed by atoms with van der Waals surface area (Å²) in [6.45, 7) is 7.21. The molecule has 0 saturated carbocycles. The van der Waals surface area contributed by atoms with Crippen LogP contribution in [0.25, 0.3) is 0 Å². The second-order valence-electron chi connectivity index (χ2n) is 5.32. The van der Waals surface area contributed by atoms with E-state index in [0.717, 1.165) is 5.57 Å². The molecule has 0 spiro atoms. The Kier molecular flexibility index (Phi) is 7.98. The van der Waals surface area contributed by atoms with Crippen LogP contribution in [0, 0.1) is 5.82 Å². The van der Waals surface area contributed by atoms with Gasteiger partial charge in [-0.3, -0.25) is 4.79 Å². The standard InChI is InChI=1S/C18H22BrFO4/c1-5-23-18(22)9-14-6-7-15(20)10-17(14)24-13(4)11(2)8-16(19)12(3)21/h6-8,10,13,21H,5,9H2,1-4H3/b11-8+,16-12-/t13-/m1/s1. The van der Waals surface area contributed by atoms with Crippen LogP contribution in [-0.4, -0.2) is 23.8 Å². The normalized spacial score (nSPS) is 14.0. The first-order valence-corrected chi connectivity index (χ1v) is 8.38. The monoisotopic (exact) mass is 400 g/mol. The largest absolute Gasteiger partial charge is 0.511 e. The summed E-state index contributed by atoms with van der Waals surface area (Å²) in [5.74, 6) is -0.395. The average Bonchev–Trinajstić information content (AvgIpc) is 2.49. The van der Waals surface area contributed by atoms with Crippen LogP contribution in [0.15, 0.2) is 40.1 Å². The van der Waals surface area contributed by atoms with Crippen LogP contribution in [0.3, 0.4) is 0 Å². The van der Waals surface area contributed by atoms with E-state index in [1.807, 2.05) is 6.92 Å². The van der Waals surface area contributed by atoms with E-state index in [4.69, 9.17) is 9.47 Å². The number of aliphatic hydroxyl groups excluding tert-OH is 1. The molecule has 0 bridgehead atoms. The van der Waals surface area contributed by atoms with Gasteiger partial charge >= 0.3 is 5.97 Å². The van der Waals surface area contributed by atoms with Gasteiger partial charge in [0.15, 0.2) is 0 Å². The number of carbonyl (C=O) groups is 1. The molecule has 6 heteroatoms. The number of aliphatic hydroxyl groups is 1. The fraction of sp³-hybridized carbons (Fsp3) is 0.389. The highest BCUT2D eigenvalue weighted by molar-refractivity contribution is 9.11. The van der Waals surface area contributed by atoms with Crippen LogP contribution in [0.5, 0.6) is 5.75 Å². The Morgan fingerprint density at radius 2 is 2.08 bits per heavy atom. The first kappa shape index (κ1) is 20.2. The van der Waals surface area contributed by atoms with Crippen molar-refractivity contribution in [2.45, 2.75) is 40.2 Å². The van der Waals surface area contributed by atoms with Crippen molar-refractivity contribution in [3.8, 4) is 5.75 Å². The van der Waals surface area contributed by atoms with Gasteiger partial charge in [-0.25, -0.2) is 4.39 Å². The minimum Gasteiger partial charge on any atom is -0.511 e. The van der Waals surface area contributed by atoms with E-state index < -0.39 is 11.8 Å². The molecule has 0 heterocycles. The van der Waals surface area contributed by atoms with Gasteiger partial charge in [0.05, 0.1) is 17.5 Å². The summed E-state index contributed by atoms with van der Waals surface area (Å²) in [4.78, 5) is 11.7. The van der Waals surface area contributed by atoms with Gasteiger partial charge in [-0.2, -0.15) is 0 Å². The number of esters is 1. The number of halogens is 2. The fourth-order valence-corrected chi connectivity index (χ4v) is 2.22. The molecule has 0 aliphatic rings. The second-order valence-corrected chi connectivity index (χ2v) is 6.17. The third-order valence-corrected chi connectivity index (χ3v) is 4.12. The van der Waals surface area contributed by atoms with Gasteiger partial charge in [-0.05, 0) is 61.3 Å². The molecule has 0 aliphatic heterocycles. The number of allylic oxidation sites excluding steroid dienone is 3. The van der Waals surface area contributed by atoms with Crippen molar-refractivity contribution in [1.82, 2.24) is 0 Å². The molecule has 0 radical (unpaired) electrons. The van der Waals surface area contributed by atoms with Gasteiger partial charge in [-0.15, -0.1) is 0 Å². The van der Waals surface area contributed by atoms with E-state index in [1.54, 1.807) is 26.8 Å². The van der Waals surface area contributed by atoms with Gasteiger partial charge in [0.2, 0.25) is 0 Å². The molecule has 24 heavy (non-hydrogen) atoms. The number of hydrogen-bond acceptors (Lipinski definition) is 4. The Bertz CT molecular complexity index is 648. The zero-order valence-corrected chi connectivity index (χ0v) is 15.8. The highest BCUT2D eigenvalue weighted by Gasteiger charge is 2.15. The SMILES string of the molecule is CCOC(=O)Cc1ccc(F)cc1O[C@H](C)/C(C)=C/C(Br)=C(\C)O. The van der Waals surface area contributed by atoms with Crippen molar-refractivity contribution < 1.29 is 23.8 Å². The van der Waals surface area contributed by atoms with Crippen LogP contribution in [0.1, 0.15) is 33.3 Å². The summed E-state index contributed by atoms with van der Waals surface area (Å²) in [5.41, 5.74) is 1.38. The number of hydrogen-bond donors (Lipinski definition) is 1. The molecule has 0 unspecified atom stereocenters. The fourth-order valence-electron chi connectivity index (χ4n) is 1.86. The number of ether oxygens (including phenoxy) is 2. The van der Waals surface area contributed by atoms with Gasteiger partial charge in [-0.1, -0.05) is 6.07 Å². The Hall–Kier alpha value is -1.82. The maximum Gasteiger partial charge on any atom is 0.310 e. The average molecular weight is 401 g/mol. The van der Waals surface area contributed by atoms with Gasteiger partial charge in [0, 0.05) is 11.6 Å². The Balaban J connectivity index is 2.99. The van der Waals surface area contributed by atoms with E-state index in [-0.39, 0.29) is 24.9 Å². The summed E-state index contributed by atoms with van der Waals surface area (Å²) >= 11 is 3.25. The third kappa shape index (κ3) is 6.35. The molecular weight excluding hydrogens is 379 g/mol. The van der Waals surface area contributed by atoms with E-state index >= 15 is 0 Å². The molecule has 0 aliphatic carbocycles. The quantitative estimate of drug-likeness (QED) is 0.404. The molecule has 1 N–H and O–H groups in total. The van der Waals surface area contributed by atoms with Crippen molar-refractivity contribution in [3.63, 3.8) is 0 Å². The van der Waals surface area contributed by atoms with E-state index in [9.17, 15) is 14.3 Å². The molecule has 0 saturated heterocycles. The smallest absolute Gasteiger partial charge is 0.310 e. The minimum atomic E-state index is -0.446. The Morgan fingerprint density at radius 1 is 1.42 bits per heavy atom. The van der Waals surface area contributed by atoms with Crippen LogP contribution >= 0.6 is 15.9 Å². The first-order chi connectivity index (χ1) is 11.2. The van der Waals surface area contributed by atoms with Gasteiger partial charge < -0.3 is 14.6 Å². The van der Waals surface area contributed by atoms with Crippen LogP contribution in [0.4, 0.5) is 4.39 Å². The van der Waals surface area contributed by atoms with E-state index in [1.165, 1.54) is 18.2 Å². The number of carbonyl (C=O) groups excluding carboxylic acids is 1. The molecule has 1 atom stereocenters. The topological polar surface area (TPSA) is 55.8 Å².